The highest BCUT2D eigenvalue weighted by molar-refractivity contribution is 9.10. The first-order valence-corrected chi connectivity index (χ1v) is 7.31. The van der Waals surface area contributed by atoms with Crippen molar-refractivity contribution in [1.29, 1.82) is 0 Å². The predicted molar refractivity (Wildman–Crippen MR) is 72.8 cm³/mol. The monoisotopic (exact) mass is 285 g/mol. The van der Waals surface area contributed by atoms with Gasteiger partial charge in [-0.05, 0) is 43.2 Å². The number of hydrogen-bond donors (Lipinski definition) is 1. The number of aryl methyl sites for hydroxylation is 1. The van der Waals surface area contributed by atoms with E-state index in [0.29, 0.717) is 6.04 Å². The quantitative estimate of drug-likeness (QED) is 0.879. The molecule has 1 atom stereocenters. The van der Waals surface area contributed by atoms with E-state index >= 15 is 0 Å². The Morgan fingerprint density at radius 3 is 3.00 bits per heavy atom. The molecule has 0 bridgehead atoms. The number of rotatable bonds is 2. The molecule has 1 heterocycles. The van der Waals surface area contributed by atoms with Crippen molar-refractivity contribution in [1.82, 2.24) is 0 Å². The molecule has 1 aliphatic heterocycles. The summed E-state index contributed by atoms with van der Waals surface area (Å²) in [6.07, 6.45) is 2.65. The van der Waals surface area contributed by atoms with Crippen molar-refractivity contribution in [2.24, 2.45) is 0 Å². The van der Waals surface area contributed by atoms with Crippen LogP contribution in [-0.2, 0) is 0 Å². The van der Waals surface area contributed by atoms with Gasteiger partial charge < -0.3 is 5.32 Å². The Kier molecular flexibility index (Phi) is 3.98. The topological polar surface area (TPSA) is 12.0 Å². The summed E-state index contributed by atoms with van der Waals surface area (Å²) in [5, 5.41) is 3.60. The fraction of sp³-hybridized carbons (Fsp3) is 0.500. The molecule has 0 unspecified atom stereocenters. The van der Waals surface area contributed by atoms with E-state index in [-0.39, 0.29) is 0 Å². The Bertz CT molecular complexity index is 334. The molecular formula is C12H16BrNS. The average molecular weight is 286 g/mol. The summed E-state index contributed by atoms with van der Waals surface area (Å²) in [4.78, 5) is 0. The fourth-order valence-electron chi connectivity index (χ4n) is 1.77. The molecule has 3 heteroatoms. The van der Waals surface area contributed by atoms with Crippen LogP contribution in [0.5, 0.6) is 0 Å². The van der Waals surface area contributed by atoms with Crippen molar-refractivity contribution in [2.45, 2.75) is 25.8 Å². The highest BCUT2D eigenvalue weighted by atomic mass is 79.9. The van der Waals surface area contributed by atoms with Gasteiger partial charge in [0, 0.05) is 22.0 Å². The van der Waals surface area contributed by atoms with Crippen LogP contribution in [-0.4, -0.2) is 17.5 Å². The van der Waals surface area contributed by atoms with E-state index in [1.165, 1.54) is 40.1 Å². The van der Waals surface area contributed by atoms with E-state index < -0.39 is 0 Å². The van der Waals surface area contributed by atoms with Gasteiger partial charge in [-0.3, -0.25) is 0 Å². The maximum Gasteiger partial charge on any atom is 0.0354 e. The minimum absolute atomic E-state index is 0.651. The van der Waals surface area contributed by atoms with Gasteiger partial charge in [0.15, 0.2) is 0 Å². The van der Waals surface area contributed by atoms with Crippen LogP contribution in [0.1, 0.15) is 18.4 Å². The van der Waals surface area contributed by atoms with E-state index in [1.54, 1.807) is 0 Å². The number of thioether (sulfide) groups is 1. The van der Waals surface area contributed by atoms with Gasteiger partial charge in [0.25, 0.3) is 0 Å². The Morgan fingerprint density at radius 1 is 1.47 bits per heavy atom. The molecule has 1 fully saturated rings. The highest BCUT2D eigenvalue weighted by Gasteiger charge is 2.13. The van der Waals surface area contributed by atoms with Crippen molar-refractivity contribution in [3.8, 4) is 0 Å². The normalized spacial score (nSPS) is 21.3. The van der Waals surface area contributed by atoms with Gasteiger partial charge >= 0.3 is 0 Å². The molecule has 1 aromatic carbocycles. The third-order valence-electron chi connectivity index (χ3n) is 2.70. The summed E-state index contributed by atoms with van der Waals surface area (Å²) in [6.45, 7) is 2.12. The minimum Gasteiger partial charge on any atom is -0.381 e. The molecule has 1 aromatic rings. The zero-order chi connectivity index (χ0) is 10.7. The minimum atomic E-state index is 0.651. The van der Waals surface area contributed by atoms with Crippen LogP contribution in [0.15, 0.2) is 22.7 Å². The molecule has 0 aromatic heterocycles. The number of benzene rings is 1. The summed E-state index contributed by atoms with van der Waals surface area (Å²) in [7, 11) is 0. The lowest BCUT2D eigenvalue weighted by Gasteiger charge is -2.23. The Morgan fingerprint density at radius 2 is 2.33 bits per heavy atom. The second-order valence-electron chi connectivity index (χ2n) is 4.02. The lowest BCUT2D eigenvalue weighted by atomic mass is 10.1. The summed E-state index contributed by atoms with van der Waals surface area (Å²) in [5.74, 6) is 2.57. The molecule has 1 N–H and O–H groups in total. The van der Waals surface area contributed by atoms with Gasteiger partial charge in [-0.15, -0.1) is 0 Å². The Labute approximate surface area is 104 Å². The summed E-state index contributed by atoms with van der Waals surface area (Å²) in [5.41, 5.74) is 2.53. The number of nitrogens with one attached hydrogen (secondary N) is 1. The number of hydrogen-bond acceptors (Lipinski definition) is 2. The third-order valence-corrected chi connectivity index (χ3v) is 4.77. The summed E-state index contributed by atoms with van der Waals surface area (Å²) in [6, 6.07) is 7.15. The van der Waals surface area contributed by atoms with Gasteiger partial charge in [0.05, 0.1) is 0 Å². The molecule has 0 radical (unpaired) electrons. The first-order chi connectivity index (χ1) is 7.25. The standard InChI is InChI=1S/C12H16BrNS/c1-9-4-5-10(7-12(9)13)14-11-3-2-6-15-8-11/h4-5,7,11,14H,2-3,6,8H2,1H3/t11-/m0/s1. The maximum atomic E-state index is 3.60. The number of anilines is 1. The first-order valence-electron chi connectivity index (χ1n) is 5.36. The zero-order valence-corrected chi connectivity index (χ0v) is 11.3. The summed E-state index contributed by atoms with van der Waals surface area (Å²) < 4.78 is 1.19. The molecule has 0 amide bonds. The lowest BCUT2D eigenvalue weighted by molar-refractivity contribution is 0.685. The van der Waals surface area contributed by atoms with Crippen LogP contribution < -0.4 is 5.32 Å². The Hall–Kier alpha value is -0.150. The molecular weight excluding hydrogens is 270 g/mol. The maximum absolute atomic E-state index is 3.60. The third kappa shape index (κ3) is 3.15. The average Bonchev–Trinajstić information content (AvgIpc) is 2.25. The largest absolute Gasteiger partial charge is 0.381 e. The SMILES string of the molecule is Cc1ccc(N[C@H]2CCCSC2)cc1Br. The molecule has 0 aliphatic carbocycles. The molecule has 1 nitrogen and oxygen atoms in total. The van der Waals surface area contributed by atoms with E-state index in [4.69, 9.17) is 0 Å². The van der Waals surface area contributed by atoms with Crippen molar-refractivity contribution in [3.63, 3.8) is 0 Å². The molecule has 1 saturated heterocycles. The smallest absolute Gasteiger partial charge is 0.0354 e. The van der Waals surface area contributed by atoms with E-state index in [0.717, 1.165) is 0 Å². The van der Waals surface area contributed by atoms with Gasteiger partial charge in [-0.1, -0.05) is 22.0 Å². The van der Waals surface area contributed by atoms with Crippen LogP contribution in [0.3, 0.4) is 0 Å². The second kappa shape index (κ2) is 5.26. The Balaban J connectivity index is 2.00. The molecule has 0 saturated carbocycles. The van der Waals surface area contributed by atoms with Crippen molar-refractivity contribution in [2.75, 3.05) is 16.8 Å². The van der Waals surface area contributed by atoms with Crippen molar-refractivity contribution in [3.05, 3.63) is 28.2 Å². The van der Waals surface area contributed by atoms with Gasteiger partial charge in [-0.2, -0.15) is 11.8 Å². The zero-order valence-electron chi connectivity index (χ0n) is 8.92. The lowest BCUT2D eigenvalue weighted by Crippen LogP contribution is -2.25. The van der Waals surface area contributed by atoms with E-state index in [2.05, 4.69) is 58.1 Å². The van der Waals surface area contributed by atoms with Crippen LogP contribution in [0.4, 0.5) is 5.69 Å². The van der Waals surface area contributed by atoms with Gasteiger partial charge in [0.1, 0.15) is 0 Å². The second-order valence-corrected chi connectivity index (χ2v) is 6.03. The molecule has 2 rings (SSSR count). The molecule has 0 spiro atoms. The molecule has 15 heavy (non-hydrogen) atoms. The van der Waals surface area contributed by atoms with Crippen LogP contribution in [0, 0.1) is 6.92 Å². The van der Waals surface area contributed by atoms with Gasteiger partial charge in [-0.25, -0.2) is 0 Å². The van der Waals surface area contributed by atoms with Crippen LogP contribution in [0.2, 0.25) is 0 Å². The van der Waals surface area contributed by atoms with Crippen LogP contribution >= 0.6 is 27.7 Å². The predicted octanol–water partition coefficient (Wildman–Crippen LogP) is 4.07. The number of halogens is 1. The van der Waals surface area contributed by atoms with E-state index in [9.17, 15) is 0 Å². The summed E-state index contributed by atoms with van der Waals surface area (Å²) >= 11 is 5.62. The van der Waals surface area contributed by atoms with E-state index in [1.807, 2.05) is 0 Å². The molecule has 1 aliphatic rings. The van der Waals surface area contributed by atoms with Crippen molar-refractivity contribution < 1.29 is 0 Å². The first kappa shape index (κ1) is 11.3. The fourth-order valence-corrected chi connectivity index (χ4v) is 3.22. The van der Waals surface area contributed by atoms with Crippen LogP contribution in [0.25, 0.3) is 0 Å². The van der Waals surface area contributed by atoms with Crippen molar-refractivity contribution >= 4 is 33.4 Å². The molecule has 82 valence electrons. The highest BCUT2D eigenvalue weighted by Crippen LogP contribution is 2.24. The van der Waals surface area contributed by atoms with Gasteiger partial charge in [0.2, 0.25) is 0 Å².